The van der Waals surface area contributed by atoms with E-state index in [4.69, 9.17) is 9.47 Å². The van der Waals surface area contributed by atoms with E-state index in [0.29, 0.717) is 6.61 Å². The second kappa shape index (κ2) is 22.9. The van der Waals surface area contributed by atoms with E-state index in [1.165, 1.54) is 122 Å². The van der Waals surface area contributed by atoms with Crippen molar-refractivity contribution in [2.45, 2.75) is 172 Å². The van der Waals surface area contributed by atoms with E-state index in [2.05, 4.69) is 6.92 Å². The maximum Gasteiger partial charge on any atom is 0.186 e. The molecule has 0 radical (unpaired) electrons. The van der Waals surface area contributed by atoms with Crippen LogP contribution in [0.1, 0.15) is 142 Å². The van der Waals surface area contributed by atoms with Gasteiger partial charge in [-0.2, -0.15) is 0 Å². The normalized spacial score (nSPS) is 24.8. The molecule has 1 heterocycles. The fourth-order valence-electron chi connectivity index (χ4n) is 4.94. The van der Waals surface area contributed by atoms with Crippen LogP contribution in [-0.2, 0) is 9.47 Å². The van der Waals surface area contributed by atoms with E-state index in [-0.39, 0.29) is 0 Å². The van der Waals surface area contributed by atoms with Gasteiger partial charge in [0.05, 0.1) is 6.61 Å². The van der Waals surface area contributed by atoms with E-state index >= 15 is 0 Å². The molecule has 0 bridgehead atoms. The summed E-state index contributed by atoms with van der Waals surface area (Å²) in [7, 11) is 0. The monoisotopic (exact) mass is 502 g/mol. The molecule has 1 rings (SSSR count). The molecule has 0 aliphatic carbocycles. The minimum atomic E-state index is -1.37. The van der Waals surface area contributed by atoms with E-state index in [9.17, 15) is 20.4 Å². The fraction of sp³-hybridized carbons (Fsp3) is 1.00. The molecule has 0 aromatic heterocycles. The Bertz CT molecular complexity index is 447. The number of rotatable bonds is 24. The molecule has 1 aliphatic heterocycles. The number of aliphatic hydroxyl groups excluding tert-OH is 4. The summed E-state index contributed by atoms with van der Waals surface area (Å²) in [6, 6.07) is 0. The Morgan fingerprint density at radius 1 is 0.514 bits per heavy atom. The molecule has 35 heavy (non-hydrogen) atoms. The smallest absolute Gasteiger partial charge is 0.186 e. The molecule has 210 valence electrons. The van der Waals surface area contributed by atoms with Gasteiger partial charge in [-0.1, -0.05) is 135 Å². The van der Waals surface area contributed by atoms with Crippen molar-refractivity contribution in [1.82, 2.24) is 0 Å². The molecule has 4 N–H and O–H groups in total. The number of unbranched alkanes of at least 4 members (excludes halogenated alkanes) is 20. The molecule has 0 aromatic rings. The molecular formula is C29H58O6. The van der Waals surface area contributed by atoms with Gasteiger partial charge in [-0.25, -0.2) is 0 Å². The standard InChI is InChI=1S/C29H58O6/c1-2-3-4-5-6-7-8-9-10-11-12-13-14-15-16-17-18-19-20-21-22-23-34-29-28(33)27(32)26(31)25(24-30)35-29/h25-33H,2-24H2,1H3/t25-,26-,27+,28-,29+/m1/s1. The van der Waals surface area contributed by atoms with Crippen LogP contribution in [0.25, 0.3) is 0 Å². The van der Waals surface area contributed by atoms with Crippen LogP contribution in [0.5, 0.6) is 0 Å². The molecule has 0 amide bonds. The third kappa shape index (κ3) is 16.3. The lowest BCUT2D eigenvalue weighted by Gasteiger charge is -2.39. The van der Waals surface area contributed by atoms with Crippen molar-refractivity contribution in [3.8, 4) is 0 Å². The van der Waals surface area contributed by atoms with Crippen LogP contribution in [0.2, 0.25) is 0 Å². The lowest BCUT2D eigenvalue weighted by molar-refractivity contribution is -0.301. The highest BCUT2D eigenvalue weighted by atomic mass is 16.7. The molecule has 1 fully saturated rings. The minimum absolute atomic E-state index is 0.426. The molecule has 5 atom stereocenters. The number of hydrogen-bond acceptors (Lipinski definition) is 6. The van der Waals surface area contributed by atoms with Gasteiger partial charge < -0.3 is 29.9 Å². The summed E-state index contributed by atoms with van der Waals surface area (Å²) >= 11 is 0. The van der Waals surface area contributed by atoms with Crippen LogP contribution >= 0.6 is 0 Å². The van der Waals surface area contributed by atoms with Gasteiger partial charge in [0.15, 0.2) is 6.29 Å². The molecular weight excluding hydrogens is 444 g/mol. The average Bonchev–Trinajstić information content (AvgIpc) is 2.86. The van der Waals surface area contributed by atoms with Gasteiger partial charge in [0.1, 0.15) is 24.4 Å². The van der Waals surface area contributed by atoms with E-state index < -0.39 is 37.3 Å². The molecule has 6 heteroatoms. The van der Waals surface area contributed by atoms with Crippen LogP contribution in [0.4, 0.5) is 0 Å². The minimum Gasteiger partial charge on any atom is -0.394 e. The quantitative estimate of drug-likeness (QED) is 0.121. The Morgan fingerprint density at radius 2 is 0.886 bits per heavy atom. The zero-order valence-corrected chi connectivity index (χ0v) is 22.8. The van der Waals surface area contributed by atoms with Crippen molar-refractivity contribution in [2.24, 2.45) is 0 Å². The maximum absolute atomic E-state index is 9.95. The third-order valence-electron chi connectivity index (χ3n) is 7.38. The summed E-state index contributed by atoms with van der Waals surface area (Å²) in [6.07, 6.45) is 22.3. The summed E-state index contributed by atoms with van der Waals surface area (Å²) in [6.45, 7) is 2.29. The van der Waals surface area contributed by atoms with Crippen LogP contribution in [-0.4, -0.2) is 64.3 Å². The largest absolute Gasteiger partial charge is 0.394 e. The Kier molecular flexibility index (Phi) is 21.5. The first-order chi connectivity index (χ1) is 17.1. The molecule has 0 saturated carbocycles. The van der Waals surface area contributed by atoms with Gasteiger partial charge in [0.25, 0.3) is 0 Å². The summed E-state index contributed by atoms with van der Waals surface area (Å²) in [5, 5.41) is 38.7. The first-order valence-corrected chi connectivity index (χ1v) is 15.0. The predicted molar refractivity (Wildman–Crippen MR) is 142 cm³/mol. The highest BCUT2D eigenvalue weighted by molar-refractivity contribution is 4.88. The Morgan fingerprint density at radius 3 is 1.26 bits per heavy atom. The summed E-state index contributed by atoms with van der Waals surface area (Å²) in [4.78, 5) is 0. The second-order valence-electron chi connectivity index (χ2n) is 10.6. The zero-order valence-electron chi connectivity index (χ0n) is 22.8. The van der Waals surface area contributed by atoms with Gasteiger partial charge in [0.2, 0.25) is 0 Å². The van der Waals surface area contributed by atoms with Crippen LogP contribution in [0.15, 0.2) is 0 Å². The van der Waals surface area contributed by atoms with E-state index in [1.807, 2.05) is 0 Å². The topological polar surface area (TPSA) is 99.4 Å². The molecule has 0 spiro atoms. The average molecular weight is 503 g/mol. The summed E-state index contributed by atoms with van der Waals surface area (Å²) in [5.41, 5.74) is 0. The lowest BCUT2D eigenvalue weighted by Crippen LogP contribution is -2.59. The van der Waals surface area contributed by atoms with Crippen molar-refractivity contribution in [2.75, 3.05) is 13.2 Å². The summed E-state index contributed by atoms with van der Waals surface area (Å²) < 4.78 is 10.9. The van der Waals surface area contributed by atoms with Crippen molar-refractivity contribution >= 4 is 0 Å². The Hall–Kier alpha value is -0.240. The lowest BCUT2D eigenvalue weighted by atomic mass is 9.99. The number of aliphatic hydroxyl groups is 4. The highest BCUT2D eigenvalue weighted by Crippen LogP contribution is 2.22. The summed E-state index contributed by atoms with van der Waals surface area (Å²) in [5.74, 6) is 0. The van der Waals surface area contributed by atoms with Crippen molar-refractivity contribution < 1.29 is 29.9 Å². The molecule has 0 unspecified atom stereocenters. The third-order valence-corrected chi connectivity index (χ3v) is 7.38. The second-order valence-corrected chi connectivity index (χ2v) is 10.6. The fourth-order valence-corrected chi connectivity index (χ4v) is 4.94. The number of ether oxygens (including phenoxy) is 2. The van der Waals surface area contributed by atoms with Gasteiger partial charge in [-0.05, 0) is 6.42 Å². The van der Waals surface area contributed by atoms with E-state index in [1.54, 1.807) is 0 Å². The van der Waals surface area contributed by atoms with Crippen LogP contribution < -0.4 is 0 Å². The van der Waals surface area contributed by atoms with Crippen molar-refractivity contribution in [3.63, 3.8) is 0 Å². The predicted octanol–water partition coefficient (Wildman–Crippen LogP) is 6.01. The zero-order chi connectivity index (χ0) is 25.6. The van der Waals surface area contributed by atoms with Gasteiger partial charge >= 0.3 is 0 Å². The van der Waals surface area contributed by atoms with Gasteiger partial charge in [0, 0.05) is 6.61 Å². The van der Waals surface area contributed by atoms with Crippen molar-refractivity contribution in [1.29, 1.82) is 0 Å². The van der Waals surface area contributed by atoms with Crippen LogP contribution in [0.3, 0.4) is 0 Å². The van der Waals surface area contributed by atoms with E-state index in [0.717, 1.165) is 12.8 Å². The molecule has 1 saturated heterocycles. The molecule has 6 nitrogen and oxygen atoms in total. The van der Waals surface area contributed by atoms with Crippen LogP contribution in [0, 0.1) is 0 Å². The molecule has 1 aliphatic rings. The first-order valence-electron chi connectivity index (χ1n) is 15.0. The maximum atomic E-state index is 9.95. The first kappa shape index (κ1) is 32.8. The van der Waals surface area contributed by atoms with Gasteiger partial charge in [-0.3, -0.25) is 0 Å². The Balaban J connectivity index is 1.78. The van der Waals surface area contributed by atoms with Crippen molar-refractivity contribution in [3.05, 3.63) is 0 Å². The molecule has 0 aromatic carbocycles. The van der Waals surface area contributed by atoms with Gasteiger partial charge in [-0.15, -0.1) is 0 Å². The highest BCUT2D eigenvalue weighted by Gasteiger charge is 2.43. The number of hydrogen-bond donors (Lipinski definition) is 4. The SMILES string of the molecule is CCCCCCCCCCCCCCCCCCCCCCCO[C@H]1O[C@H](CO)[C@@H](O)[C@H](O)[C@H]1O. The Labute approximate surface area is 215 Å².